The number of hydrogen-bond donors (Lipinski definition) is 1. The van der Waals surface area contributed by atoms with Crippen LogP contribution in [0.4, 0.5) is 0 Å². The van der Waals surface area contributed by atoms with Gasteiger partial charge in [-0.2, -0.15) is 0 Å². The highest BCUT2D eigenvalue weighted by Crippen LogP contribution is 2.18. The molecule has 0 amide bonds. The number of aliphatic hydroxyl groups is 1. The van der Waals surface area contributed by atoms with Crippen molar-refractivity contribution in [1.82, 2.24) is 0 Å². The molecule has 0 saturated carbocycles. The highest BCUT2D eigenvalue weighted by atomic mass is 16.5. The van der Waals surface area contributed by atoms with E-state index in [0.717, 1.165) is 16.9 Å². The Labute approximate surface area is 91.2 Å². The van der Waals surface area contributed by atoms with Crippen LogP contribution in [0.3, 0.4) is 0 Å². The molecule has 1 aromatic carbocycles. The van der Waals surface area contributed by atoms with Gasteiger partial charge < -0.3 is 9.84 Å². The van der Waals surface area contributed by atoms with Gasteiger partial charge in [0.25, 0.3) is 0 Å². The highest BCUT2D eigenvalue weighted by molar-refractivity contribution is 5.55. The molecule has 15 heavy (non-hydrogen) atoms. The van der Waals surface area contributed by atoms with E-state index in [9.17, 15) is 5.11 Å². The van der Waals surface area contributed by atoms with Gasteiger partial charge >= 0.3 is 0 Å². The third-order valence-electron chi connectivity index (χ3n) is 2.37. The standard InChI is InChI=1S/C13H18O2/c1-10(2)12(9-14)7-11-5-4-6-13(8-11)15-3/h4-8,10,14H,9H2,1-3H3. The van der Waals surface area contributed by atoms with Crippen LogP contribution in [0.15, 0.2) is 29.8 Å². The summed E-state index contributed by atoms with van der Waals surface area (Å²) >= 11 is 0. The number of benzene rings is 1. The van der Waals surface area contributed by atoms with Crippen molar-refractivity contribution in [2.24, 2.45) is 5.92 Å². The molecular formula is C13H18O2. The zero-order chi connectivity index (χ0) is 11.3. The maximum Gasteiger partial charge on any atom is 0.119 e. The fourth-order valence-electron chi connectivity index (χ4n) is 1.34. The van der Waals surface area contributed by atoms with Crippen molar-refractivity contribution in [1.29, 1.82) is 0 Å². The molecule has 0 spiro atoms. The Hall–Kier alpha value is -1.28. The topological polar surface area (TPSA) is 29.5 Å². The summed E-state index contributed by atoms with van der Waals surface area (Å²) in [6, 6.07) is 7.81. The van der Waals surface area contributed by atoms with E-state index in [1.165, 1.54) is 0 Å². The normalized spacial score (nSPS) is 11.9. The molecule has 82 valence electrons. The molecule has 0 aromatic heterocycles. The van der Waals surface area contributed by atoms with Gasteiger partial charge in [0, 0.05) is 0 Å². The van der Waals surface area contributed by atoms with Gasteiger partial charge in [0.2, 0.25) is 0 Å². The molecule has 0 unspecified atom stereocenters. The SMILES string of the molecule is COc1cccc(C=C(CO)C(C)C)c1. The molecule has 0 saturated heterocycles. The third kappa shape index (κ3) is 3.40. The summed E-state index contributed by atoms with van der Waals surface area (Å²) in [5.41, 5.74) is 2.09. The first-order valence-corrected chi connectivity index (χ1v) is 5.12. The average Bonchev–Trinajstić information content (AvgIpc) is 2.25. The Morgan fingerprint density at radius 3 is 2.73 bits per heavy atom. The summed E-state index contributed by atoms with van der Waals surface area (Å²) in [6.45, 7) is 4.25. The molecule has 0 heterocycles. The Morgan fingerprint density at radius 1 is 1.47 bits per heavy atom. The molecule has 0 radical (unpaired) electrons. The van der Waals surface area contributed by atoms with E-state index in [2.05, 4.69) is 13.8 Å². The molecule has 2 heteroatoms. The number of rotatable bonds is 4. The van der Waals surface area contributed by atoms with Gasteiger partial charge in [-0.25, -0.2) is 0 Å². The minimum Gasteiger partial charge on any atom is -0.497 e. The lowest BCUT2D eigenvalue weighted by Crippen LogP contribution is -1.98. The average molecular weight is 206 g/mol. The molecule has 0 bridgehead atoms. The van der Waals surface area contributed by atoms with Crippen LogP contribution in [0.1, 0.15) is 19.4 Å². The molecule has 0 fully saturated rings. The quantitative estimate of drug-likeness (QED) is 0.820. The number of methoxy groups -OCH3 is 1. The Balaban J connectivity index is 2.95. The maximum absolute atomic E-state index is 9.18. The van der Waals surface area contributed by atoms with Crippen molar-refractivity contribution >= 4 is 6.08 Å². The lowest BCUT2D eigenvalue weighted by molar-refractivity contribution is 0.320. The van der Waals surface area contributed by atoms with Gasteiger partial charge in [-0.15, -0.1) is 0 Å². The zero-order valence-electron chi connectivity index (χ0n) is 9.53. The summed E-state index contributed by atoms with van der Waals surface area (Å²) in [6.07, 6.45) is 2.01. The number of hydrogen-bond acceptors (Lipinski definition) is 2. The lowest BCUT2D eigenvalue weighted by atomic mass is 10.0. The molecule has 0 atom stereocenters. The minimum absolute atomic E-state index is 0.106. The van der Waals surface area contributed by atoms with Crippen molar-refractivity contribution in [2.45, 2.75) is 13.8 Å². The van der Waals surface area contributed by atoms with Gasteiger partial charge in [-0.1, -0.05) is 32.1 Å². The van der Waals surface area contributed by atoms with Crippen LogP contribution in [0.25, 0.3) is 6.08 Å². The van der Waals surface area contributed by atoms with Crippen molar-refractivity contribution in [3.63, 3.8) is 0 Å². The Bertz CT molecular complexity index is 340. The Morgan fingerprint density at radius 2 is 2.20 bits per heavy atom. The van der Waals surface area contributed by atoms with Crippen molar-refractivity contribution in [3.05, 3.63) is 35.4 Å². The second kappa shape index (κ2) is 5.56. The fraction of sp³-hybridized carbons (Fsp3) is 0.385. The molecule has 0 aliphatic heterocycles. The summed E-state index contributed by atoms with van der Waals surface area (Å²) in [4.78, 5) is 0. The van der Waals surface area contributed by atoms with E-state index in [1.54, 1.807) is 7.11 Å². The molecule has 0 aliphatic rings. The van der Waals surface area contributed by atoms with Gasteiger partial charge in [-0.3, -0.25) is 0 Å². The molecule has 2 nitrogen and oxygen atoms in total. The minimum atomic E-state index is 0.106. The second-order valence-electron chi connectivity index (χ2n) is 3.81. The summed E-state index contributed by atoms with van der Waals surface area (Å²) < 4.78 is 5.14. The van der Waals surface area contributed by atoms with E-state index in [0.29, 0.717) is 5.92 Å². The Kier molecular flexibility index (Phi) is 4.37. The monoisotopic (exact) mass is 206 g/mol. The highest BCUT2D eigenvalue weighted by Gasteiger charge is 2.02. The first-order chi connectivity index (χ1) is 7.17. The largest absolute Gasteiger partial charge is 0.497 e. The smallest absolute Gasteiger partial charge is 0.119 e. The molecule has 1 aromatic rings. The van der Waals surface area contributed by atoms with Crippen LogP contribution in [0.5, 0.6) is 5.75 Å². The number of ether oxygens (including phenoxy) is 1. The van der Waals surface area contributed by atoms with E-state index >= 15 is 0 Å². The van der Waals surface area contributed by atoms with Crippen LogP contribution in [-0.4, -0.2) is 18.8 Å². The van der Waals surface area contributed by atoms with Crippen molar-refractivity contribution in [3.8, 4) is 5.75 Å². The summed E-state index contributed by atoms with van der Waals surface area (Å²) in [5.74, 6) is 1.20. The van der Waals surface area contributed by atoms with Crippen LogP contribution < -0.4 is 4.74 Å². The van der Waals surface area contributed by atoms with Gasteiger partial charge in [-0.05, 0) is 29.2 Å². The second-order valence-corrected chi connectivity index (χ2v) is 3.81. The first kappa shape index (κ1) is 11.8. The summed E-state index contributed by atoms with van der Waals surface area (Å²) in [5, 5.41) is 9.18. The molecule has 0 aliphatic carbocycles. The fourth-order valence-corrected chi connectivity index (χ4v) is 1.34. The molecular weight excluding hydrogens is 188 g/mol. The number of aliphatic hydroxyl groups excluding tert-OH is 1. The van der Waals surface area contributed by atoms with Gasteiger partial charge in [0.15, 0.2) is 0 Å². The van der Waals surface area contributed by atoms with Crippen LogP contribution in [-0.2, 0) is 0 Å². The maximum atomic E-state index is 9.18. The predicted molar refractivity (Wildman–Crippen MR) is 62.9 cm³/mol. The summed E-state index contributed by atoms with van der Waals surface area (Å²) in [7, 11) is 1.65. The zero-order valence-corrected chi connectivity index (χ0v) is 9.53. The molecule has 1 rings (SSSR count). The van der Waals surface area contributed by atoms with Gasteiger partial charge in [0.1, 0.15) is 5.75 Å². The van der Waals surface area contributed by atoms with Gasteiger partial charge in [0.05, 0.1) is 13.7 Å². The van der Waals surface area contributed by atoms with E-state index in [1.807, 2.05) is 30.3 Å². The first-order valence-electron chi connectivity index (χ1n) is 5.12. The van der Waals surface area contributed by atoms with Crippen molar-refractivity contribution in [2.75, 3.05) is 13.7 Å². The lowest BCUT2D eigenvalue weighted by Gasteiger charge is -2.08. The molecule has 1 N–H and O–H groups in total. The van der Waals surface area contributed by atoms with E-state index in [4.69, 9.17) is 4.74 Å². The van der Waals surface area contributed by atoms with Crippen molar-refractivity contribution < 1.29 is 9.84 Å². The third-order valence-corrected chi connectivity index (χ3v) is 2.37. The van der Waals surface area contributed by atoms with Crippen LogP contribution >= 0.6 is 0 Å². The van der Waals surface area contributed by atoms with E-state index < -0.39 is 0 Å². The van der Waals surface area contributed by atoms with Crippen LogP contribution in [0, 0.1) is 5.92 Å². The van der Waals surface area contributed by atoms with E-state index in [-0.39, 0.29) is 6.61 Å². The predicted octanol–water partition coefficient (Wildman–Crippen LogP) is 2.73. The van der Waals surface area contributed by atoms with Crippen LogP contribution in [0.2, 0.25) is 0 Å².